The number of amides is 2. The third-order valence-electron chi connectivity index (χ3n) is 6.69. The summed E-state index contributed by atoms with van der Waals surface area (Å²) in [6.45, 7) is 3.08. The predicted molar refractivity (Wildman–Crippen MR) is 105 cm³/mol. The van der Waals surface area contributed by atoms with Crippen molar-refractivity contribution in [1.29, 1.82) is 0 Å². The van der Waals surface area contributed by atoms with Crippen molar-refractivity contribution in [3.05, 3.63) is 41.5 Å². The van der Waals surface area contributed by atoms with Crippen LogP contribution < -0.4 is 5.32 Å². The average molecular weight is 395 g/mol. The van der Waals surface area contributed by atoms with Gasteiger partial charge in [0.15, 0.2) is 5.82 Å². The molecule has 0 bridgehead atoms. The normalized spacial score (nSPS) is 27.9. The van der Waals surface area contributed by atoms with Crippen LogP contribution in [0.2, 0.25) is 0 Å². The van der Waals surface area contributed by atoms with Gasteiger partial charge in [0.2, 0.25) is 17.7 Å². The van der Waals surface area contributed by atoms with Crippen LogP contribution in [0.1, 0.15) is 36.5 Å². The second kappa shape index (κ2) is 6.66. The van der Waals surface area contributed by atoms with Crippen LogP contribution in [0.4, 0.5) is 5.69 Å². The molecule has 0 saturated carbocycles. The van der Waals surface area contributed by atoms with Crippen molar-refractivity contribution in [2.75, 3.05) is 25.5 Å². The smallest absolute Gasteiger partial charge is 0.250 e. The highest BCUT2D eigenvalue weighted by Crippen LogP contribution is 2.55. The summed E-state index contributed by atoms with van der Waals surface area (Å²) in [5.74, 6) is 0.653. The molecule has 3 aliphatic rings. The van der Waals surface area contributed by atoms with Gasteiger partial charge in [-0.25, -0.2) is 0 Å². The standard InChI is InChI=1S/C21H25N5O3/c1-13-22-18(24-29-13)9-11-25(2)19(27)16-12-14-6-5-10-26(14)21(16)15-7-3-4-8-17(15)23-20(21)28/h3-4,7-8,14,16H,5-6,9-12H2,1-2H3,(H,23,28)/t14-,16+,21+/m1/s1. The zero-order valence-electron chi connectivity index (χ0n) is 16.7. The maximum atomic E-state index is 13.6. The molecule has 2 fully saturated rings. The monoisotopic (exact) mass is 395 g/mol. The van der Waals surface area contributed by atoms with Crippen molar-refractivity contribution in [2.24, 2.45) is 5.92 Å². The Labute approximate surface area is 169 Å². The number of likely N-dealkylation sites (N-methyl/N-ethyl adjacent to an activating group) is 1. The molecule has 8 heteroatoms. The molecule has 0 unspecified atom stereocenters. The Balaban J connectivity index is 1.45. The average Bonchev–Trinajstić information content (AvgIpc) is 3.45. The van der Waals surface area contributed by atoms with Gasteiger partial charge in [-0.2, -0.15) is 4.98 Å². The number of nitrogens with one attached hydrogen (secondary N) is 1. The van der Waals surface area contributed by atoms with E-state index in [-0.39, 0.29) is 17.9 Å². The molecule has 3 aliphatic heterocycles. The van der Waals surface area contributed by atoms with Crippen LogP contribution >= 0.6 is 0 Å². The fraction of sp³-hybridized carbons (Fsp3) is 0.524. The minimum absolute atomic E-state index is 0.00599. The molecule has 3 atom stereocenters. The summed E-state index contributed by atoms with van der Waals surface area (Å²) in [7, 11) is 1.80. The van der Waals surface area contributed by atoms with Gasteiger partial charge in [0.05, 0.1) is 5.92 Å². The maximum absolute atomic E-state index is 13.6. The number of hydrogen-bond acceptors (Lipinski definition) is 6. The number of nitrogens with zero attached hydrogens (tertiary/aromatic N) is 4. The van der Waals surface area contributed by atoms with Crippen molar-refractivity contribution >= 4 is 17.5 Å². The fourth-order valence-corrected chi connectivity index (χ4v) is 5.45. The number of aromatic nitrogens is 2. The van der Waals surface area contributed by atoms with E-state index in [1.165, 1.54) is 0 Å². The third kappa shape index (κ3) is 2.62. The van der Waals surface area contributed by atoms with Crippen molar-refractivity contribution in [1.82, 2.24) is 19.9 Å². The fourth-order valence-electron chi connectivity index (χ4n) is 5.45. The Morgan fingerprint density at radius 2 is 2.24 bits per heavy atom. The molecule has 5 rings (SSSR count). The molecule has 2 saturated heterocycles. The first-order chi connectivity index (χ1) is 14.0. The van der Waals surface area contributed by atoms with Gasteiger partial charge in [-0.05, 0) is 31.9 Å². The number of carbonyl (C=O) groups is 2. The molecule has 1 aromatic carbocycles. The van der Waals surface area contributed by atoms with E-state index in [0.29, 0.717) is 31.1 Å². The van der Waals surface area contributed by atoms with E-state index in [4.69, 9.17) is 4.52 Å². The second-order valence-corrected chi connectivity index (χ2v) is 8.28. The SMILES string of the molecule is Cc1nc(CCN(C)C(=O)[C@@H]2C[C@H]3CCCN3[C@]23C(=O)Nc2ccccc23)no1. The lowest BCUT2D eigenvalue weighted by Gasteiger charge is -2.37. The molecule has 2 amide bonds. The van der Waals surface area contributed by atoms with Crippen molar-refractivity contribution in [3.63, 3.8) is 0 Å². The number of rotatable bonds is 4. The number of para-hydroxylation sites is 1. The first-order valence-corrected chi connectivity index (χ1v) is 10.2. The van der Waals surface area contributed by atoms with Crippen LogP contribution in [0.3, 0.4) is 0 Å². The van der Waals surface area contributed by atoms with Gasteiger partial charge >= 0.3 is 0 Å². The van der Waals surface area contributed by atoms with Gasteiger partial charge < -0.3 is 14.7 Å². The molecule has 0 radical (unpaired) electrons. The van der Waals surface area contributed by atoms with E-state index in [9.17, 15) is 9.59 Å². The van der Waals surface area contributed by atoms with Crippen LogP contribution in [-0.4, -0.2) is 57.9 Å². The summed E-state index contributed by atoms with van der Waals surface area (Å²) in [6.07, 6.45) is 3.34. The Morgan fingerprint density at radius 3 is 3.03 bits per heavy atom. The zero-order chi connectivity index (χ0) is 20.2. The van der Waals surface area contributed by atoms with E-state index in [2.05, 4.69) is 20.4 Å². The summed E-state index contributed by atoms with van der Waals surface area (Å²) in [5.41, 5.74) is 0.869. The van der Waals surface area contributed by atoms with E-state index in [1.54, 1.807) is 18.9 Å². The van der Waals surface area contributed by atoms with Gasteiger partial charge in [0, 0.05) is 44.2 Å². The molecule has 4 heterocycles. The molecule has 1 N–H and O–H groups in total. The summed E-state index contributed by atoms with van der Waals surface area (Å²) >= 11 is 0. The van der Waals surface area contributed by atoms with E-state index >= 15 is 0 Å². The number of aryl methyl sites for hydroxylation is 1. The predicted octanol–water partition coefficient (Wildman–Crippen LogP) is 1.71. The molecule has 2 aromatic rings. The molecule has 1 aromatic heterocycles. The van der Waals surface area contributed by atoms with Gasteiger partial charge in [-0.3, -0.25) is 14.5 Å². The first-order valence-electron chi connectivity index (χ1n) is 10.2. The minimum Gasteiger partial charge on any atom is -0.345 e. The summed E-state index contributed by atoms with van der Waals surface area (Å²) in [5, 5.41) is 6.95. The van der Waals surface area contributed by atoms with E-state index < -0.39 is 11.5 Å². The van der Waals surface area contributed by atoms with Crippen molar-refractivity contribution < 1.29 is 14.1 Å². The minimum atomic E-state index is -0.897. The Bertz CT molecular complexity index is 973. The number of fused-ring (bicyclic) bond motifs is 4. The lowest BCUT2D eigenvalue weighted by Crippen LogP contribution is -2.54. The van der Waals surface area contributed by atoms with Crippen LogP contribution in [0.15, 0.2) is 28.8 Å². The highest BCUT2D eigenvalue weighted by molar-refractivity contribution is 6.09. The van der Waals surface area contributed by atoms with Gasteiger partial charge in [0.1, 0.15) is 5.54 Å². The molecular weight excluding hydrogens is 370 g/mol. The molecule has 1 spiro atoms. The summed E-state index contributed by atoms with van der Waals surface area (Å²) in [6, 6.07) is 8.07. The number of anilines is 1. The molecular formula is C21H25N5O3. The number of benzene rings is 1. The quantitative estimate of drug-likeness (QED) is 0.847. The van der Waals surface area contributed by atoms with Crippen LogP contribution in [-0.2, 0) is 21.5 Å². The largest absolute Gasteiger partial charge is 0.345 e. The Morgan fingerprint density at radius 1 is 1.41 bits per heavy atom. The van der Waals surface area contributed by atoms with E-state index in [1.807, 2.05) is 24.3 Å². The molecule has 8 nitrogen and oxygen atoms in total. The van der Waals surface area contributed by atoms with Crippen LogP contribution in [0.5, 0.6) is 0 Å². The third-order valence-corrected chi connectivity index (χ3v) is 6.69. The highest BCUT2D eigenvalue weighted by Gasteiger charge is 2.65. The van der Waals surface area contributed by atoms with Crippen molar-refractivity contribution in [3.8, 4) is 0 Å². The Kier molecular flexibility index (Phi) is 4.20. The summed E-state index contributed by atoms with van der Waals surface area (Å²) in [4.78, 5) is 35.1. The molecule has 0 aliphatic carbocycles. The second-order valence-electron chi connectivity index (χ2n) is 8.28. The first kappa shape index (κ1) is 18.3. The zero-order valence-corrected chi connectivity index (χ0v) is 16.7. The molecule has 29 heavy (non-hydrogen) atoms. The Hall–Kier alpha value is -2.74. The maximum Gasteiger partial charge on any atom is 0.250 e. The van der Waals surface area contributed by atoms with Gasteiger partial charge in [0.25, 0.3) is 0 Å². The van der Waals surface area contributed by atoms with E-state index in [0.717, 1.165) is 30.6 Å². The van der Waals surface area contributed by atoms with Gasteiger partial charge in [-0.1, -0.05) is 23.4 Å². The number of carbonyl (C=O) groups excluding carboxylic acids is 2. The van der Waals surface area contributed by atoms with Crippen molar-refractivity contribution in [2.45, 2.75) is 44.2 Å². The summed E-state index contributed by atoms with van der Waals surface area (Å²) < 4.78 is 5.01. The highest BCUT2D eigenvalue weighted by atomic mass is 16.5. The van der Waals surface area contributed by atoms with Gasteiger partial charge in [-0.15, -0.1) is 0 Å². The van der Waals surface area contributed by atoms with Crippen LogP contribution in [0, 0.1) is 12.8 Å². The number of hydrogen-bond donors (Lipinski definition) is 1. The topological polar surface area (TPSA) is 91.6 Å². The lowest BCUT2D eigenvalue weighted by molar-refractivity contribution is -0.143. The molecule has 152 valence electrons. The lowest BCUT2D eigenvalue weighted by atomic mass is 9.78. The van der Waals surface area contributed by atoms with Crippen LogP contribution in [0.25, 0.3) is 0 Å².